The summed E-state index contributed by atoms with van der Waals surface area (Å²) in [4.78, 5) is 15.2. The standard InChI is InChI=1S/C27H27N3O3/c31-27(32)24-11-9-21(10-12-24)17-22(18-28-13-4-15-30-16-14-29-20-30)19-33-26-8-3-6-23-5-1-2-7-25(23)26/h1-3,5-12,14,16-17,20,28H,4,13,15,18-19H2,(H,31,32)/b22-17+. The average Bonchev–Trinajstić information content (AvgIpc) is 3.36. The zero-order chi connectivity index (χ0) is 22.9. The number of aryl methyl sites for hydroxylation is 1. The third-order valence-electron chi connectivity index (χ3n) is 5.37. The number of benzene rings is 3. The van der Waals surface area contributed by atoms with E-state index in [9.17, 15) is 4.79 Å². The van der Waals surface area contributed by atoms with Crippen molar-refractivity contribution in [2.45, 2.75) is 13.0 Å². The number of nitrogens with zero attached hydrogens (tertiary/aromatic N) is 2. The molecule has 1 aromatic heterocycles. The maximum absolute atomic E-state index is 11.1. The number of carbonyl (C=O) groups is 1. The number of hydrogen-bond donors (Lipinski definition) is 2. The molecule has 0 aliphatic rings. The van der Waals surface area contributed by atoms with Crippen molar-refractivity contribution in [1.82, 2.24) is 14.9 Å². The highest BCUT2D eigenvalue weighted by atomic mass is 16.5. The van der Waals surface area contributed by atoms with E-state index in [2.05, 4.69) is 39.1 Å². The molecular formula is C27H27N3O3. The molecule has 0 atom stereocenters. The Labute approximate surface area is 193 Å². The van der Waals surface area contributed by atoms with Gasteiger partial charge >= 0.3 is 5.97 Å². The molecule has 0 aliphatic carbocycles. The SMILES string of the molecule is O=C(O)c1ccc(/C=C(\CNCCCn2ccnc2)COc2cccc3ccccc23)cc1. The number of imidazole rings is 1. The Bertz CT molecular complexity index is 1210. The van der Waals surface area contributed by atoms with E-state index in [-0.39, 0.29) is 5.56 Å². The number of nitrogens with one attached hydrogen (secondary N) is 1. The Hall–Kier alpha value is -3.90. The summed E-state index contributed by atoms with van der Waals surface area (Å²) in [6, 6.07) is 21.1. The number of ether oxygens (including phenoxy) is 1. The van der Waals surface area contributed by atoms with E-state index in [4.69, 9.17) is 9.84 Å². The molecule has 0 saturated carbocycles. The summed E-state index contributed by atoms with van der Waals surface area (Å²) in [5.41, 5.74) is 2.30. The number of carboxylic acid groups (broad SMARTS) is 1. The quantitative estimate of drug-likeness (QED) is 0.325. The van der Waals surface area contributed by atoms with Gasteiger partial charge in [-0.1, -0.05) is 54.6 Å². The number of rotatable bonds is 11. The lowest BCUT2D eigenvalue weighted by atomic mass is 10.1. The van der Waals surface area contributed by atoms with Gasteiger partial charge in [-0.2, -0.15) is 0 Å². The predicted octanol–water partition coefficient (Wildman–Crippen LogP) is 4.88. The van der Waals surface area contributed by atoms with Gasteiger partial charge in [0.2, 0.25) is 0 Å². The molecule has 6 heteroatoms. The molecule has 0 bridgehead atoms. The Morgan fingerprint density at radius 3 is 2.67 bits per heavy atom. The lowest BCUT2D eigenvalue weighted by Gasteiger charge is -2.13. The van der Waals surface area contributed by atoms with Crippen LogP contribution >= 0.6 is 0 Å². The second-order valence-corrected chi connectivity index (χ2v) is 7.83. The van der Waals surface area contributed by atoms with Crippen LogP contribution in [0.4, 0.5) is 0 Å². The monoisotopic (exact) mass is 441 g/mol. The first kappa shape index (κ1) is 22.3. The van der Waals surface area contributed by atoms with Gasteiger partial charge in [-0.25, -0.2) is 9.78 Å². The van der Waals surface area contributed by atoms with Gasteiger partial charge in [0, 0.05) is 30.9 Å². The van der Waals surface area contributed by atoms with Gasteiger partial charge in [0.25, 0.3) is 0 Å². The molecule has 0 fully saturated rings. The van der Waals surface area contributed by atoms with Gasteiger partial charge in [0.1, 0.15) is 12.4 Å². The fraction of sp³-hybridized carbons (Fsp3) is 0.185. The number of aromatic carboxylic acids is 1. The topological polar surface area (TPSA) is 76.4 Å². The first-order chi connectivity index (χ1) is 16.2. The summed E-state index contributed by atoms with van der Waals surface area (Å²) in [5, 5.41) is 14.9. The predicted molar refractivity (Wildman–Crippen MR) is 131 cm³/mol. The molecule has 0 unspecified atom stereocenters. The summed E-state index contributed by atoms with van der Waals surface area (Å²) in [6.45, 7) is 2.88. The van der Waals surface area contributed by atoms with Crippen molar-refractivity contribution in [3.05, 3.63) is 102 Å². The highest BCUT2D eigenvalue weighted by Crippen LogP contribution is 2.25. The normalized spacial score (nSPS) is 11.6. The third kappa shape index (κ3) is 6.30. The summed E-state index contributed by atoms with van der Waals surface area (Å²) in [6.07, 6.45) is 8.61. The van der Waals surface area contributed by atoms with E-state index in [0.717, 1.165) is 47.2 Å². The Morgan fingerprint density at radius 1 is 1.06 bits per heavy atom. The molecule has 0 spiro atoms. The van der Waals surface area contributed by atoms with E-state index in [1.807, 2.05) is 48.9 Å². The summed E-state index contributed by atoms with van der Waals surface area (Å²) in [7, 11) is 0. The largest absolute Gasteiger partial charge is 0.489 e. The number of fused-ring (bicyclic) bond motifs is 1. The van der Waals surface area contributed by atoms with Gasteiger partial charge in [0.05, 0.1) is 11.9 Å². The highest BCUT2D eigenvalue weighted by Gasteiger charge is 2.06. The van der Waals surface area contributed by atoms with Crippen molar-refractivity contribution in [3.63, 3.8) is 0 Å². The van der Waals surface area contributed by atoms with Gasteiger partial charge in [-0.05, 0) is 47.7 Å². The van der Waals surface area contributed by atoms with Crippen molar-refractivity contribution in [2.75, 3.05) is 19.7 Å². The fourth-order valence-corrected chi connectivity index (χ4v) is 3.65. The van der Waals surface area contributed by atoms with Crippen molar-refractivity contribution < 1.29 is 14.6 Å². The van der Waals surface area contributed by atoms with Crippen LogP contribution in [0.25, 0.3) is 16.8 Å². The minimum atomic E-state index is -0.926. The molecule has 2 N–H and O–H groups in total. The molecule has 4 aromatic rings. The van der Waals surface area contributed by atoms with Crippen LogP contribution in [0.3, 0.4) is 0 Å². The minimum Gasteiger partial charge on any atom is -0.489 e. The molecule has 3 aromatic carbocycles. The van der Waals surface area contributed by atoms with Gasteiger partial charge < -0.3 is 19.7 Å². The number of hydrogen-bond acceptors (Lipinski definition) is 4. The smallest absolute Gasteiger partial charge is 0.335 e. The van der Waals surface area contributed by atoms with Crippen LogP contribution < -0.4 is 10.1 Å². The maximum atomic E-state index is 11.1. The van der Waals surface area contributed by atoms with Gasteiger partial charge in [0.15, 0.2) is 0 Å². The molecule has 0 radical (unpaired) electrons. The van der Waals surface area contributed by atoms with Crippen LogP contribution in [0, 0.1) is 0 Å². The van der Waals surface area contributed by atoms with Crippen molar-refractivity contribution in [1.29, 1.82) is 0 Å². The summed E-state index contributed by atoms with van der Waals surface area (Å²) >= 11 is 0. The average molecular weight is 442 g/mol. The molecule has 1 heterocycles. The second-order valence-electron chi connectivity index (χ2n) is 7.83. The first-order valence-corrected chi connectivity index (χ1v) is 11.0. The molecule has 0 amide bonds. The maximum Gasteiger partial charge on any atom is 0.335 e. The molecule has 0 aliphatic heterocycles. The molecule has 4 rings (SSSR count). The minimum absolute atomic E-state index is 0.276. The summed E-state index contributed by atoms with van der Waals surface area (Å²) < 4.78 is 8.28. The highest BCUT2D eigenvalue weighted by molar-refractivity contribution is 5.88. The number of carboxylic acids is 1. The lowest BCUT2D eigenvalue weighted by molar-refractivity contribution is 0.0697. The summed E-state index contributed by atoms with van der Waals surface area (Å²) in [5.74, 6) is -0.0788. The number of aromatic nitrogens is 2. The van der Waals surface area contributed by atoms with Crippen LogP contribution in [0.1, 0.15) is 22.3 Å². The Kier molecular flexibility index (Phi) is 7.51. The first-order valence-electron chi connectivity index (χ1n) is 11.0. The van der Waals surface area contributed by atoms with Gasteiger partial charge in [-0.3, -0.25) is 0 Å². The Balaban J connectivity index is 1.43. The van der Waals surface area contributed by atoms with E-state index in [1.54, 1.807) is 18.3 Å². The second kappa shape index (κ2) is 11.1. The van der Waals surface area contributed by atoms with Crippen LogP contribution in [-0.2, 0) is 6.54 Å². The van der Waals surface area contributed by atoms with E-state index >= 15 is 0 Å². The molecule has 6 nitrogen and oxygen atoms in total. The van der Waals surface area contributed by atoms with E-state index in [0.29, 0.717) is 13.2 Å². The van der Waals surface area contributed by atoms with E-state index < -0.39 is 5.97 Å². The van der Waals surface area contributed by atoms with Crippen molar-refractivity contribution in [2.24, 2.45) is 0 Å². The lowest BCUT2D eigenvalue weighted by Crippen LogP contribution is -2.22. The van der Waals surface area contributed by atoms with Crippen LogP contribution in [0.2, 0.25) is 0 Å². The fourth-order valence-electron chi connectivity index (χ4n) is 3.65. The van der Waals surface area contributed by atoms with Crippen LogP contribution in [0.5, 0.6) is 5.75 Å². The molecular weight excluding hydrogens is 414 g/mol. The van der Waals surface area contributed by atoms with E-state index in [1.165, 1.54) is 0 Å². The molecule has 33 heavy (non-hydrogen) atoms. The van der Waals surface area contributed by atoms with Crippen LogP contribution in [0.15, 0.2) is 91.0 Å². The Morgan fingerprint density at radius 2 is 1.88 bits per heavy atom. The third-order valence-corrected chi connectivity index (χ3v) is 5.37. The van der Waals surface area contributed by atoms with Gasteiger partial charge in [-0.15, -0.1) is 0 Å². The molecule has 168 valence electrons. The van der Waals surface area contributed by atoms with Crippen molar-refractivity contribution >= 4 is 22.8 Å². The molecule has 0 saturated heterocycles. The van der Waals surface area contributed by atoms with Crippen molar-refractivity contribution in [3.8, 4) is 5.75 Å². The van der Waals surface area contributed by atoms with Crippen LogP contribution in [-0.4, -0.2) is 40.3 Å². The zero-order valence-electron chi connectivity index (χ0n) is 18.4. The zero-order valence-corrected chi connectivity index (χ0v) is 18.4.